The second-order valence-electron chi connectivity index (χ2n) is 3.79. The van der Waals surface area contributed by atoms with Crippen molar-refractivity contribution in [2.24, 2.45) is 0 Å². The summed E-state index contributed by atoms with van der Waals surface area (Å²) < 4.78 is 0. The molecule has 1 rings (SSSR count). The lowest BCUT2D eigenvalue weighted by Crippen LogP contribution is -2.22. The normalized spacial score (nSPS) is 12.1. The zero-order valence-electron chi connectivity index (χ0n) is 9.44. The van der Waals surface area contributed by atoms with Gasteiger partial charge >= 0.3 is 5.97 Å². The van der Waals surface area contributed by atoms with Gasteiger partial charge in [-0.1, -0.05) is 30.3 Å². The predicted octanol–water partition coefficient (Wildman–Crippen LogP) is 1.98. The number of aliphatic carboxylic acids is 1. The standard InChI is InChI=1S/C13H17NO2/c1-3-10(2)14-9-12-6-4-11(5-7-12)8-13(15)16/h3-7,10,14H,1,8-9H2,2H3,(H,15,16). The van der Waals surface area contributed by atoms with Crippen LogP contribution >= 0.6 is 0 Å². The lowest BCUT2D eigenvalue weighted by molar-refractivity contribution is -0.136. The molecule has 0 radical (unpaired) electrons. The molecule has 0 aromatic heterocycles. The minimum atomic E-state index is -0.800. The van der Waals surface area contributed by atoms with Crippen LogP contribution in [0.5, 0.6) is 0 Å². The molecule has 0 aliphatic carbocycles. The molecule has 2 N–H and O–H groups in total. The zero-order valence-corrected chi connectivity index (χ0v) is 9.44. The lowest BCUT2D eigenvalue weighted by atomic mass is 10.1. The van der Waals surface area contributed by atoms with Gasteiger partial charge in [-0.2, -0.15) is 0 Å². The molecular formula is C13H17NO2. The SMILES string of the molecule is C=CC(C)NCc1ccc(CC(=O)O)cc1. The van der Waals surface area contributed by atoms with Crippen molar-refractivity contribution in [2.45, 2.75) is 25.9 Å². The number of hydrogen-bond donors (Lipinski definition) is 2. The van der Waals surface area contributed by atoms with Gasteiger partial charge in [-0.15, -0.1) is 6.58 Å². The Hall–Kier alpha value is -1.61. The number of carboxylic acids is 1. The molecule has 0 aliphatic rings. The van der Waals surface area contributed by atoms with Gasteiger partial charge in [-0.05, 0) is 18.1 Å². The average Bonchev–Trinajstić information content (AvgIpc) is 2.27. The summed E-state index contributed by atoms with van der Waals surface area (Å²) in [6.45, 7) is 6.49. The molecule has 0 saturated heterocycles. The first-order chi connectivity index (χ1) is 7.61. The Bertz CT molecular complexity index is 357. The summed E-state index contributed by atoms with van der Waals surface area (Å²) >= 11 is 0. The molecule has 0 bridgehead atoms. The molecule has 16 heavy (non-hydrogen) atoms. The third-order valence-corrected chi connectivity index (χ3v) is 2.36. The van der Waals surface area contributed by atoms with Crippen LogP contribution in [0.3, 0.4) is 0 Å². The molecule has 1 aromatic carbocycles. The highest BCUT2D eigenvalue weighted by atomic mass is 16.4. The van der Waals surface area contributed by atoms with Crippen LogP contribution in [0.4, 0.5) is 0 Å². The smallest absolute Gasteiger partial charge is 0.307 e. The van der Waals surface area contributed by atoms with Crippen LogP contribution in [-0.2, 0) is 17.8 Å². The van der Waals surface area contributed by atoms with E-state index in [1.807, 2.05) is 37.3 Å². The molecule has 0 fully saturated rings. The van der Waals surface area contributed by atoms with E-state index in [9.17, 15) is 4.79 Å². The van der Waals surface area contributed by atoms with E-state index in [2.05, 4.69) is 11.9 Å². The third-order valence-electron chi connectivity index (χ3n) is 2.36. The number of benzene rings is 1. The van der Waals surface area contributed by atoms with E-state index in [1.54, 1.807) is 0 Å². The maximum absolute atomic E-state index is 10.5. The van der Waals surface area contributed by atoms with E-state index in [-0.39, 0.29) is 12.5 Å². The highest BCUT2D eigenvalue weighted by molar-refractivity contribution is 5.70. The van der Waals surface area contributed by atoms with Crippen molar-refractivity contribution in [1.29, 1.82) is 0 Å². The number of rotatable bonds is 6. The summed E-state index contributed by atoms with van der Waals surface area (Å²) in [4.78, 5) is 10.5. The zero-order chi connectivity index (χ0) is 12.0. The van der Waals surface area contributed by atoms with Crippen molar-refractivity contribution in [1.82, 2.24) is 5.32 Å². The van der Waals surface area contributed by atoms with Gasteiger partial charge in [0, 0.05) is 12.6 Å². The van der Waals surface area contributed by atoms with Crippen molar-refractivity contribution in [3.05, 3.63) is 48.0 Å². The van der Waals surface area contributed by atoms with Crippen LogP contribution in [0.15, 0.2) is 36.9 Å². The first kappa shape index (κ1) is 12.5. The van der Waals surface area contributed by atoms with Crippen molar-refractivity contribution in [3.63, 3.8) is 0 Å². The van der Waals surface area contributed by atoms with Crippen molar-refractivity contribution < 1.29 is 9.90 Å². The Morgan fingerprint density at radius 2 is 2.00 bits per heavy atom. The highest BCUT2D eigenvalue weighted by Crippen LogP contribution is 2.05. The maximum Gasteiger partial charge on any atom is 0.307 e. The second-order valence-corrected chi connectivity index (χ2v) is 3.79. The molecule has 0 spiro atoms. The van der Waals surface area contributed by atoms with Crippen molar-refractivity contribution >= 4 is 5.97 Å². The Balaban J connectivity index is 2.51. The molecule has 0 aliphatic heterocycles. The Labute approximate surface area is 95.8 Å². The lowest BCUT2D eigenvalue weighted by Gasteiger charge is -2.09. The molecule has 0 saturated carbocycles. The van der Waals surface area contributed by atoms with E-state index >= 15 is 0 Å². The van der Waals surface area contributed by atoms with Gasteiger partial charge < -0.3 is 10.4 Å². The van der Waals surface area contributed by atoms with Gasteiger partial charge in [0.1, 0.15) is 0 Å². The van der Waals surface area contributed by atoms with Crippen molar-refractivity contribution in [2.75, 3.05) is 0 Å². The summed E-state index contributed by atoms with van der Waals surface area (Å²) in [5.74, 6) is -0.800. The first-order valence-electron chi connectivity index (χ1n) is 5.27. The van der Waals surface area contributed by atoms with Crippen LogP contribution in [0, 0.1) is 0 Å². The minimum absolute atomic E-state index is 0.0801. The fraction of sp³-hybridized carbons (Fsp3) is 0.308. The molecule has 86 valence electrons. The molecule has 1 unspecified atom stereocenters. The summed E-state index contributed by atoms with van der Waals surface area (Å²) in [5, 5.41) is 11.9. The molecule has 0 heterocycles. The Morgan fingerprint density at radius 3 is 2.50 bits per heavy atom. The summed E-state index contributed by atoms with van der Waals surface area (Å²) in [7, 11) is 0. The highest BCUT2D eigenvalue weighted by Gasteiger charge is 2.00. The number of carboxylic acid groups (broad SMARTS) is 1. The largest absolute Gasteiger partial charge is 0.481 e. The fourth-order valence-electron chi connectivity index (χ4n) is 1.31. The predicted molar refractivity (Wildman–Crippen MR) is 64.3 cm³/mol. The van der Waals surface area contributed by atoms with E-state index in [0.29, 0.717) is 0 Å². The molecule has 3 nitrogen and oxygen atoms in total. The first-order valence-corrected chi connectivity index (χ1v) is 5.27. The molecule has 3 heteroatoms. The topological polar surface area (TPSA) is 49.3 Å². The van der Waals surface area contributed by atoms with Crippen LogP contribution in [-0.4, -0.2) is 17.1 Å². The minimum Gasteiger partial charge on any atom is -0.481 e. The Kier molecular flexibility index (Phi) is 4.73. The molecule has 0 amide bonds. The molecular weight excluding hydrogens is 202 g/mol. The number of nitrogens with one attached hydrogen (secondary N) is 1. The van der Waals surface area contributed by atoms with Crippen LogP contribution < -0.4 is 5.32 Å². The summed E-state index contributed by atoms with van der Waals surface area (Å²) in [6.07, 6.45) is 1.93. The summed E-state index contributed by atoms with van der Waals surface area (Å²) in [6, 6.07) is 7.87. The third kappa shape index (κ3) is 4.28. The van der Waals surface area contributed by atoms with Gasteiger partial charge in [-0.25, -0.2) is 0 Å². The second kappa shape index (κ2) is 6.08. The van der Waals surface area contributed by atoms with Gasteiger partial charge in [0.05, 0.1) is 6.42 Å². The average molecular weight is 219 g/mol. The van der Waals surface area contributed by atoms with Gasteiger partial charge in [0.2, 0.25) is 0 Å². The van der Waals surface area contributed by atoms with Gasteiger partial charge in [0.15, 0.2) is 0 Å². The van der Waals surface area contributed by atoms with E-state index < -0.39 is 5.97 Å². The molecule has 1 aromatic rings. The van der Waals surface area contributed by atoms with Gasteiger partial charge in [0.25, 0.3) is 0 Å². The summed E-state index contributed by atoms with van der Waals surface area (Å²) in [5.41, 5.74) is 1.97. The fourth-order valence-corrected chi connectivity index (χ4v) is 1.31. The van der Waals surface area contributed by atoms with Crippen molar-refractivity contribution in [3.8, 4) is 0 Å². The number of hydrogen-bond acceptors (Lipinski definition) is 2. The van der Waals surface area contributed by atoms with Crippen LogP contribution in [0.2, 0.25) is 0 Å². The van der Waals surface area contributed by atoms with E-state index in [4.69, 9.17) is 5.11 Å². The van der Waals surface area contributed by atoms with E-state index in [1.165, 1.54) is 0 Å². The van der Waals surface area contributed by atoms with Gasteiger partial charge in [-0.3, -0.25) is 4.79 Å². The quantitative estimate of drug-likeness (QED) is 0.719. The monoisotopic (exact) mass is 219 g/mol. The Morgan fingerprint density at radius 1 is 1.44 bits per heavy atom. The number of carbonyl (C=O) groups is 1. The van der Waals surface area contributed by atoms with E-state index in [0.717, 1.165) is 17.7 Å². The molecule has 1 atom stereocenters. The van der Waals surface area contributed by atoms with Crippen LogP contribution in [0.25, 0.3) is 0 Å². The maximum atomic E-state index is 10.5. The van der Waals surface area contributed by atoms with Crippen LogP contribution in [0.1, 0.15) is 18.1 Å².